The van der Waals surface area contributed by atoms with Crippen LogP contribution in [-0.4, -0.2) is 22.6 Å². The van der Waals surface area contributed by atoms with E-state index in [2.05, 4.69) is 26.2 Å². The van der Waals surface area contributed by atoms with Gasteiger partial charge >= 0.3 is 0 Å². The molecule has 0 aromatic heterocycles. The van der Waals surface area contributed by atoms with Crippen LogP contribution in [0.4, 0.5) is 11.4 Å². The summed E-state index contributed by atoms with van der Waals surface area (Å²) in [6.45, 7) is 4.39. The Balaban J connectivity index is 1.55. The summed E-state index contributed by atoms with van der Waals surface area (Å²) >= 11 is 4.79. The number of carbonyl (C=O) groups is 1. The highest BCUT2D eigenvalue weighted by Gasteiger charge is 2.24. The summed E-state index contributed by atoms with van der Waals surface area (Å²) in [5.74, 6) is 0.725. The average Bonchev–Trinajstić information content (AvgIpc) is 3.18. The molecule has 3 aromatic rings. The number of amides is 1. The molecule has 1 amide bonds. The lowest BCUT2D eigenvalue weighted by Gasteiger charge is -2.15. The number of non-ortho nitro benzene ring substituents is 1. The molecule has 1 fully saturated rings. The molecule has 1 saturated heterocycles. The lowest BCUT2D eigenvalue weighted by molar-refractivity contribution is -0.384. The van der Waals surface area contributed by atoms with Crippen LogP contribution < -0.4 is 14.8 Å². The van der Waals surface area contributed by atoms with Gasteiger partial charge in [0, 0.05) is 12.1 Å². The number of carbonyl (C=O) groups excluding carboxylic acids is 1. The highest BCUT2D eigenvalue weighted by Crippen LogP contribution is 2.39. The van der Waals surface area contributed by atoms with Crippen LogP contribution in [0, 0.1) is 17.0 Å². The Bertz CT molecular complexity index is 1370. The lowest BCUT2D eigenvalue weighted by Crippen LogP contribution is -2.19. The van der Waals surface area contributed by atoms with Gasteiger partial charge in [-0.2, -0.15) is 0 Å². The zero-order chi connectivity index (χ0) is 25.7. The van der Waals surface area contributed by atoms with Crippen molar-refractivity contribution in [2.24, 2.45) is 4.99 Å². The molecule has 10 heteroatoms. The molecule has 0 atom stereocenters. The number of aliphatic imine (C=N–C) groups is 1. The second kappa shape index (κ2) is 11.4. The van der Waals surface area contributed by atoms with Crippen molar-refractivity contribution in [2.45, 2.75) is 20.5 Å². The summed E-state index contributed by atoms with van der Waals surface area (Å²) in [6, 6.07) is 17.6. The summed E-state index contributed by atoms with van der Waals surface area (Å²) in [7, 11) is 0. The third-order valence-corrected chi connectivity index (χ3v) is 6.55. The quantitative estimate of drug-likeness (QED) is 0.188. The Labute approximate surface area is 220 Å². The number of aryl methyl sites for hydroxylation is 1. The van der Waals surface area contributed by atoms with Crippen molar-refractivity contribution >= 4 is 56.2 Å². The Morgan fingerprint density at radius 3 is 2.64 bits per heavy atom. The first-order valence-corrected chi connectivity index (χ1v) is 12.6. The number of benzene rings is 3. The molecule has 184 valence electrons. The van der Waals surface area contributed by atoms with E-state index in [0.717, 1.165) is 16.8 Å². The smallest absolute Gasteiger partial charge is 0.269 e. The number of nitrogens with one attached hydrogen (secondary N) is 1. The van der Waals surface area contributed by atoms with Crippen molar-refractivity contribution < 1.29 is 19.2 Å². The number of ether oxygens (including phenoxy) is 2. The van der Waals surface area contributed by atoms with Crippen LogP contribution in [0.15, 0.2) is 75.0 Å². The number of nitro benzene ring substituents is 1. The number of thioether (sulfide) groups is 1. The molecule has 8 nitrogen and oxygen atoms in total. The van der Waals surface area contributed by atoms with Gasteiger partial charge in [-0.15, -0.1) is 0 Å². The van der Waals surface area contributed by atoms with E-state index in [1.165, 1.54) is 23.9 Å². The molecular formula is C26H22BrN3O5S. The Kier molecular flexibility index (Phi) is 8.07. The molecule has 1 aliphatic rings. The highest BCUT2D eigenvalue weighted by molar-refractivity contribution is 9.10. The van der Waals surface area contributed by atoms with Crippen molar-refractivity contribution in [3.05, 3.63) is 96.8 Å². The van der Waals surface area contributed by atoms with E-state index in [9.17, 15) is 14.9 Å². The Morgan fingerprint density at radius 2 is 1.92 bits per heavy atom. The molecule has 1 N–H and O–H groups in total. The normalized spacial score (nSPS) is 15.2. The van der Waals surface area contributed by atoms with Crippen LogP contribution in [0.5, 0.6) is 11.5 Å². The minimum Gasteiger partial charge on any atom is -0.490 e. The maximum Gasteiger partial charge on any atom is 0.269 e. The lowest BCUT2D eigenvalue weighted by atomic mass is 10.1. The molecular weight excluding hydrogens is 546 g/mol. The molecule has 0 saturated carbocycles. The molecule has 0 bridgehead atoms. The molecule has 0 radical (unpaired) electrons. The Hall–Kier alpha value is -3.63. The number of halogens is 1. The third-order valence-electron chi connectivity index (χ3n) is 5.05. The molecule has 1 aliphatic heterocycles. The molecule has 4 rings (SSSR count). The van der Waals surface area contributed by atoms with Gasteiger partial charge in [0.05, 0.1) is 26.6 Å². The van der Waals surface area contributed by atoms with Crippen LogP contribution in [0.3, 0.4) is 0 Å². The minimum absolute atomic E-state index is 0.000188. The first-order valence-electron chi connectivity index (χ1n) is 11.0. The van der Waals surface area contributed by atoms with Crippen molar-refractivity contribution in [1.29, 1.82) is 0 Å². The van der Waals surface area contributed by atoms with E-state index in [-0.39, 0.29) is 18.2 Å². The van der Waals surface area contributed by atoms with Crippen molar-refractivity contribution in [3.8, 4) is 11.5 Å². The average molecular weight is 568 g/mol. The number of amidine groups is 1. The molecule has 1 heterocycles. The maximum absolute atomic E-state index is 12.5. The van der Waals surface area contributed by atoms with Crippen LogP contribution >= 0.6 is 27.7 Å². The summed E-state index contributed by atoms with van der Waals surface area (Å²) < 4.78 is 12.4. The largest absolute Gasteiger partial charge is 0.490 e. The van der Waals surface area contributed by atoms with Gasteiger partial charge in [-0.25, -0.2) is 4.99 Å². The molecule has 36 heavy (non-hydrogen) atoms. The maximum atomic E-state index is 12.5. The number of nitro groups is 1. The predicted molar refractivity (Wildman–Crippen MR) is 145 cm³/mol. The topological polar surface area (TPSA) is 103 Å². The van der Waals surface area contributed by atoms with E-state index in [1.807, 2.05) is 44.2 Å². The standard InChI is InChI=1S/C26H22BrN3O5S/c1-3-34-22-13-18(12-21(27)24(22)35-15-17-5-4-6-20(11-17)30(32)33)14-23-25(31)29-26(36-23)28-19-9-7-16(2)8-10-19/h4-14H,3,15H2,1-2H3,(H,28,29,31)/b23-14+. The first kappa shape index (κ1) is 25.5. The van der Waals surface area contributed by atoms with Gasteiger partial charge in [0.2, 0.25) is 0 Å². The fourth-order valence-electron chi connectivity index (χ4n) is 3.36. The van der Waals surface area contributed by atoms with Crippen LogP contribution in [-0.2, 0) is 11.4 Å². The van der Waals surface area contributed by atoms with Gasteiger partial charge in [-0.3, -0.25) is 14.9 Å². The van der Waals surface area contributed by atoms with Gasteiger partial charge in [-0.1, -0.05) is 29.8 Å². The third kappa shape index (κ3) is 6.32. The summed E-state index contributed by atoms with van der Waals surface area (Å²) in [5.41, 5.74) is 3.29. The molecule has 3 aromatic carbocycles. The van der Waals surface area contributed by atoms with E-state index < -0.39 is 4.92 Å². The molecule has 0 aliphatic carbocycles. The van der Waals surface area contributed by atoms with E-state index in [4.69, 9.17) is 9.47 Å². The van der Waals surface area contributed by atoms with Gasteiger partial charge < -0.3 is 14.8 Å². The van der Waals surface area contributed by atoms with E-state index in [1.54, 1.807) is 24.3 Å². The minimum atomic E-state index is -0.443. The van der Waals surface area contributed by atoms with Crippen molar-refractivity contribution in [1.82, 2.24) is 5.32 Å². The van der Waals surface area contributed by atoms with Crippen LogP contribution in [0.25, 0.3) is 6.08 Å². The molecule has 0 spiro atoms. The highest BCUT2D eigenvalue weighted by atomic mass is 79.9. The van der Waals surface area contributed by atoms with Crippen LogP contribution in [0.1, 0.15) is 23.6 Å². The van der Waals surface area contributed by atoms with E-state index >= 15 is 0 Å². The second-order valence-electron chi connectivity index (χ2n) is 7.80. The van der Waals surface area contributed by atoms with Crippen LogP contribution in [0.2, 0.25) is 0 Å². The number of hydrogen-bond acceptors (Lipinski definition) is 7. The van der Waals surface area contributed by atoms with Crippen molar-refractivity contribution in [3.63, 3.8) is 0 Å². The fraction of sp³-hybridized carbons (Fsp3) is 0.154. The fourth-order valence-corrected chi connectivity index (χ4v) is 4.77. The number of hydrogen-bond donors (Lipinski definition) is 1. The zero-order valence-electron chi connectivity index (χ0n) is 19.5. The van der Waals surface area contributed by atoms with Gasteiger partial charge in [-0.05, 0) is 83.0 Å². The summed E-state index contributed by atoms with van der Waals surface area (Å²) in [6.07, 6.45) is 1.76. The van der Waals surface area contributed by atoms with E-state index in [0.29, 0.717) is 38.2 Å². The van der Waals surface area contributed by atoms with Gasteiger partial charge in [0.25, 0.3) is 11.6 Å². The van der Waals surface area contributed by atoms with Gasteiger partial charge in [0.1, 0.15) is 6.61 Å². The second-order valence-corrected chi connectivity index (χ2v) is 9.68. The Morgan fingerprint density at radius 1 is 1.14 bits per heavy atom. The number of rotatable bonds is 8. The van der Waals surface area contributed by atoms with Gasteiger partial charge in [0.15, 0.2) is 16.7 Å². The first-order chi connectivity index (χ1) is 17.3. The summed E-state index contributed by atoms with van der Waals surface area (Å²) in [4.78, 5) is 28.1. The monoisotopic (exact) mass is 567 g/mol. The van der Waals surface area contributed by atoms with Crippen molar-refractivity contribution in [2.75, 3.05) is 6.61 Å². The molecule has 0 unspecified atom stereocenters. The zero-order valence-corrected chi connectivity index (χ0v) is 21.9. The number of nitrogens with zero attached hydrogens (tertiary/aromatic N) is 2. The SMILES string of the molecule is CCOc1cc(/C=C2/SC(=Nc3ccc(C)cc3)NC2=O)cc(Br)c1OCc1cccc([N+](=O)[O-])c1. The summed E-state index contributed by atoms with van der Waals surface area (Å²) in [5, 5.41) is 14.3. The predicted octanol–water partition coefficient (Wildman–Crippen LogP) is 6.54.